The first-order valence-corrected chi connectivity index (χ1v) is 7.33. The molecule has 0 aliphatic rings. The molecule has 0 saturated carbocycles. The minimum atomic E-state index is -0.143. The fourth-order valence-electron chi connectivity index (χ4n) is 1.71. The smallest absolute Gasteiger partial charge is 0.269 e. The number of anilines is 1. The molecule has 0 aliphatic carbocycles. The first kappa shape index (κ1) is 17.4. The monoisotopic (exact) mass is 295 g/mol. The molecule has 21 heavy (non-hydrogen) atoms. The molecule has 1 aromatic rings. The van der Waals surface area contributed by atoms with Gasteiger partial charge in [0, 0.05) is 26.8 Å². The van der Waals surface area contributed by atoms with Gasteiger partial charge in [0.1, 0.15) is 11.5 Å². The number of amides is 1. The molecular weight excluding hydrogens is 270 g/mol. The van der Waals surface area contributed by atoms with Gasteiger partial charge in [-0.2, -0.15) is 0 Å². The van der Waals surface area contributed by atoms with Gasteiger partial charge < -0.3 is 20.1 Å². The summed E-state index contributed by atoms with van der Waals surface area (Å²) in [6.07, 6.45) is 1.79. The normalized spacial score (nSPS) is 10.4. The van der Waals surface area contributed by atoms with Gasteiger partial charge >= 0.3 is 0 Å². The van der Waals surface area contributed by atoms with E-state index in [1.54, 1.807) is 13.2 Å². The van der Waals surface area contributed by atoms with Gasteiger partial charge in [0.2, 0.25) is 0 Å². The van der Waals surface area contributed by atoms with Crippen LogP contribution in [0, 0.1) is 0 Å². The molecule has 0 radical (unpaired) electrons. The van der Waals surface area contributed by atoms with Crippen molar-refractivity contribution >= 4 is 11.7 Å². The number of nitrogens with zero attached hydrogens (tertiary/aromatic N) is 1. The first-order chi connectivity index (χ1) is 10.3. The third-order valence-corrected chi connectivity index (χ3v) is 2.77. The number of pyridine rings is 1. The molecule has 6 nitrogen and oxygen atoms in total. The summed E-state index contributed by atoms with van der Waals surface area (Å²) >= 11 is 0. The van der Waals surface area contributed by atoms with E-state index in [0.717, 1.165) is 25.2 Å². The summed E-state index contributed by atoms with van der Waals surface area (Å²) in [5.74, 6) is 0.576. The van der Waals surface area contributed by atoms with Gasteiger partial charge in [-0.25, -0.2) is 4.98 Å². The van der Waals surface area contributed by atoms with Gasteiger partial charge in [-0.05, 0) is 31.9 Å². The fourth-order valence-corrected chi connectivity index (χ4v) is 1.71. The minimum absolute atomic E-state index is 0.143. The van der Waals surface area contributed by atoms with E-state index in [2.05, 4.69) is 15.6 Å². The van der Waals surface area contributed by atoms with Crippen LogP contribution < -0.4 is 10.6 Å². The summed E-state index contributed by atoms with van der Waals surface area (Å²) in [6.45, 7) is 5.31. The van der Waals surface area contributed by atoms with Gasteiger partial charge in [0.15, 0.2) is 0 Å². The molecule has 1 amide bonds. The van der Waals surface area contributed by atoms with Crippen molar-refractivity contribution in [2.24, 2.45) is 0 Å². The summed E-state index contributed by atoms with van der Waals surface area (Å²) in [4.78, 5) is 16.2. The van der Waals surface area contributed by atoms with Gasteiger partial charge in [-0.3, -0.25) is 4.79 Å². The lowest BCUT2D eigenvalue weighted by Crippen LogP contribution is -2.25. The van der Waals surface area contributed by atoms with Crippen LogP contribution in [0.15, 0.2) is 18.2 Å². The molecule has 0 unspecified atom stereocenters. The highest BCUT2D eigenvalue weighted by atomic mass is 16.5. The molecule has 6 heteroatoms. The number of methoxy groups -OCH3 is 1. The molecule has 0 fully saturated rings. The van der Waals surface area contributed by atoms with E-state index in [9.17, 15) is 4.79 Å². The van der Waals surface area contributed by atoms with Crippen molar-refractivity contribution in [1.29, 1.82) is 0 Å². The highest BCUT2D eigenvalue weighted by Gasteiger charge is 2.06. The number of carbonyl (C=O) groups excluding carboxylic acids is 1. The van der Waals surface area contributed by atoms with E-state index in [1.165, 1.54) is 0 Å². The second kappa shape index (κ2) is 11.0. The van der Waals surface area contributed by atoms with Gasteiger partial charge in [0.25, 0.3) is 5.91 Å². The summed E-state index contributed by atoms with van der Waals surface area (Å²) in [5, 5.41) is 5.95. The first-order valence-electron chi connectivity index (χ1n) is 7.33. The Morgan fingerprint density at radius 3 is 2.86 bits per heavy atom. The number of aromatic nitrogens is 1. The van der Waals surface area contributed by atoms with Crippen molar-refractivity contribution in [2.75, 3.05) is 45.3 Å². The Morgan fingerprint density at radius 2 is 2.10 bits per heavy atom. The predicted octanol–water partition coefficient (Wildman–Crippen LogP) is 1.69. The average Bonchev–Trinajstić information content (AvgIpc) is 2.50. The van der Waals surface area contributed by atoms with Crippen LogP contribution in [0.5, 0.6) is 0 Å². The zero-order valence-electron chi connectivity index (χ0n) is 12.9. The van der Waals surface area contributed by atoms with Crippen LogP contribution >= 0.6 is 0 Å². The maximum atomic E-state index is 11.9. The topological polar surface area (TPSA) is 72.5 Å². The van der Waals surface area contributed by atoms with Gasteiger partial charge in [-0.15, -0.1) is 0 Å². The van der Waals surface area contributed by atoms with E-state index >= 15 is 0 Å². The molecule has 1 aromatic heterocycles. The van der Waals surface area contributed by atoms with Crippen molar-refractivity contribution in [1.82, 2.24) is 10.3 Å². The molecule has 118 valence electrons. The number of unbranched alkanes of at least 4 members (excludes halogenated alkanes) is 1. The van der Waals surface area contributed by atoms with Crippen LogP contribution in [0.2, 0.25) is 0 Å². The molecular formula is C15H25N3O3. The van der Waals surface area contributed by atoms with Crippen molar-refractivity contribution in [3.63, 3.8) is 0 Å². The average molecular weight is 295 g/mol. The number of rotatable bonds is 11. The van der Waals surface area contributed by atoms with Crippen molar-refractivity contribution < 1.29 is 14.3 Å². The summed E-state index contributed by atoms with van der Waals surface area (Å²) in [5.41, 5.74) is 0.435. The zero-order valence-corrected chi connectivity index (χ0v) is 12.9. The third kappa shape index (κ3) is 7.63. The third-order valence-electron chi connectivity index (χ3n) is 2.77. The molecule has 0 aliphatic heterocycles. The quantitative estimate of drug-likeness (QED) is 0.608. The van der Waals surface area contributed by atoms with E-state index in [1.807, 2.05) is 19.1 Å². The number of hydrogen-bond donors (Lipinski definition) is 2. The van der Waals surface area contributed by atoms with Crippen LogP contribution in [0.1, 0.15) is 30.3 Å². The second-order valence-corrected chi connectivity index (χ2v) is 4.51. The lowest BCUT2D eigenvalue weighted by Gasteiger charge is -2.07. The molecule has 0 bridgehead atoms. The lowest BCUT2D eigenvalue weighted by molar-refractivity contribution is 0.0686. The highest BCUT2D eigenvalue weighted by Crippen LogP contribution is 2.04. The van der Waals surface area contributed by atoms with E-state index in [-0.39, 0.29) is 5.91 Å². The predicted molar refractivity (Wildman–Crippen MR) is 82.7 cm³/mol. The van der Waals surface area contributed by atoms with Crippen LogP contribution in [0.25, 0.3) is 0 Å². The van der Waals surface area contributed by atoms with E-state index < -0.39 is 0 Å². The van der Waals surface area contributed by atoms with Crippen LogP contribution in [-0.2, 0) is 9.47 Å². The summed E-state index contributed by atoms with van der Waals surface area (Å²) in [7, 11) is 1.65. The summed E-state index contributed by atoms with van der Waals surface area (Å²) < 4.78 is 10.2. The van der Waals surface area contributed by atoms with Crippen molar-refractivity contribution in [3.8, 4) is 0 Å². The molecule has 0 spiro atoms. The van der Waals surface area contributed by atoms with Crippen LogP contribution in [0.4, 0.5) is 5.82 Å². The van der Waals surface area contributed by atoms with Crippen molar-refractivity contribution in [3.05, 3.63) is 23.9 Å². The number of ether oxygens (including phenoxy) is 2. The Bertz CT molecular complexity index is 413. The maximum Gasteiger partial charge on any atom is 0.269 e. The molecule has 0 saturated heterocycles. The Hall–Kier alpha value is -1.66. The Labute approximate surface area is 126 Å². The lowest BCUT2D eigenvalue weighted by atomic mass is 10.3. The van der Waals surface area contributed by atoms with Crippen LogP contribution in [0.3, 0.4) is 0 Å². The van der Waals surface area contributed by atoms with E-state index in [4.69, 9.17) is 9.47 Å². The molecule has 2 N–H and O–H groups in total. The SMILES string of the molecule is CCNc1cccc(C(=O)NCCCCOCCOC)n1. The second-order valence-electron chi connectivity index (χ2n) is 4.51. The Balaban J connectivity index is 2.17. The van der Waals surface area contributed by atoms with Crippen molar-refractivity contribution in [2.45, 2.75) is 19.8 Å². The van der Waals surface area contributed by atoms with Crippen LogP contribution in [-0.4, -0.2) is 50.9 Å². The molecule has 1 rings (SSSR count). The van der Waals surface area contributed by atoms with Gasteiger partial charge in [-0.1, -0.05) is 6.07 Å². The Kier molecular flexibility index (Phi) is 9.15. The largest absolute Gasteiger partial charge is 0.382 e. The molecule has 0 aromatic carbocycles. The highest BCUT2D eigenvalue weighted by molar-refractivity contribution is 5.92. The minimum Gasteiger partial charge on any atom is -0.382 e. The fraction of sp³-hybridized carbons (Fsp3) is 0.600. The number of hydrogen-bond acceptors (Lipinski definition) is 5. The molecule has 0 atom stereocenters. The Morgan fingerprint density at radius 1 is 1.24 bits per heavy atom. The number of nitrogens with one attached hydrogen (secondary N) is 2. The van der Waals surface area contributed by atoms with E-state index in [0.29, 0.717) is 32.1 Å². The summed E-state index contributed by atoms with van der Waals surface area (Å²) in [6, 6.07) is 5.38. The standard InChI is InChI=1S/C15H25N3O3/c1-3-16-14-8-6-7-13(18-14)15(19)17-9-4-5-10-21-12-11-20-2/h6-8H,3-5,9-12H2,1-2H3,(H,16,18)(H,17,19). The molecule has 1 heterocycles. The number of carbonyl (C=O) groups is 1. The maximum absolute atomic E-state index is 11.9. The zero-order chi connectivity index (χ0) is 15.3. The van der Waals surface area contributed by atoms with Gasteiger partial charge in [0.05, 0.1) is 13.2 Å².